The van der Waals surface area contributed by atoms with Crippen molar-refractivity contribution in [2.75, 3.05) is 13.1 Å². The Morgan fingerprint density at radius 2 is 1.33 bits per heavy atom. The van der Waals surface area contributed by atoms with Gasteiger partial charge in [-0.2, -0.15) is 0 Å². The van der Waals surface area contributed by atoms with Crippen LogP contribution in [0.3, 0.4) is 0 Å². The summed E-state index contributed by atoms with van der Waals surface area (Å²) in [4.78, 5) is 2.26. The number of benzene rings is 3. The van der Waals surface area contributed by atoms with Gasteiger partial charge in [-0.25, -0.2) is 0 Å². The molecule has 4 nitrogen and oxygen atoms in total. The van der Waals surface area contributed by atoms with Crippen molar-refractivity contribution in [2.24, 2.45) is 0 Å². The lowest BCUT2D eigenvalue weighted by Gasteiger charge is -2.42. The van der Waals surface area contributed by atoms with E-state index in [4.69, 9.17) is 4.74 Å². The highest BCUT2D eigenvalue weighted by Crippen LogP contribution is 2.35. The lowest BCUT2D eigenvalue weighted by atomic mass is 9.83. The second kappa shape index (κ2) is 9.00. The zero-order chi connectivity index (χ0) is 21.0. The van der Waals surface area contributed by atoms with Crippen molar-refractivity contribution >= 4 is 0 Å². The first kappa shape index (κ1) is 20.6. The van der Waals surface area contributed by atoms with E-state index in [9.17, 15) is 10.2 Å². The quantitative estimate of drug-likeness (QED) is 0.616. The van der Waals surface area contributed by atoms with Crippen LogP contribution >= 0.6 is 0 Å². The fraction of sp³-hybridized carbons (Fsp3) is 0.308. The monoisotopic (exact) mass is 403 g/mol. The van der Waals surface area contributed by atoms with E-state index in [1.165, 1.54) is 0 Å². The summed E-state index contributed by atoms with van der Waals surface area (Å²) in [6.07, 6.45) is 0.731. The van der Waals surface area contributed by atoms with Gasteiger partial charge in [-0.05, 0) is 55.2 Å². The average Bonchev–Trinajstić information content (AvgIpc) is 2.80. The maximum Gasteiger partial charge on any atom is 0.127 e. The number of rotatable bonds is 6. The summed E-state index contributed by atoms with van der Waals surface area (Å²) in [6.45, 7) is 3.55. The Balaban J connectivity index is 1.36. The molecule has 1 saturated heterocycles. The molecule has 4 rings (SSSR count). The van der Waals surface area contributed by atoms with Crippen LogP contribution in [0.4, 0.5) is 0 Å². The van der Waals surface area contributed by atoms with Crippen LogP contribution in [0.1, 0.15) is 37.0 Å². The van der Waals surface area contributed by atoms with Gasteiger partial charge in [0.25, 0.3) is 0 Å². The number of hydrogen-bond acceptors (Lipinski definition) is 4. The van der Waals surface area contributed by atoms with Crippen LogP contribution in [0.5, 0.6) is 11.5 Å². The number of likely N-dealkylation sites (tertiary alicyclic amines) is 1. The molecular weight excluding hydrogens is 374 g/mol. The number of aliphatic hydroxyl groups is 2. The predicted octanol–water partition coefficient (Wildman–Crippen LogP) is 4.88. The van der Waals surface area contributed by atoms with Crippen LogP contribution in [-0.2, 0) is 5.60 Å². The second-order valence-electron chi connectivity index (χ2n) is 8.10. The minimum atomic E-state index is -0.779. The predicted molar refractivity (Wildman–Crippen MR) is 119 cm³/mol. The summed E-state index contributed by atoms with van der Waals surface area (Å²) in [5, 5.41) is 22.0. The van der Waals surface area contributed by atoms with E-state index in [1.807, 2.05) is 91.9 Å². The van der Waals surface area contributed by atoms with E-state index in [2.05, 4.69) is 4.90 Å². The van der Waals surface area contributed by atoms with Crippen LogP contribution in [0, 0.1) is 0 Å². The number of aliphatic hydroxyl groups excluding tert-OH is 1. The molecule has 2 atom stereocenters. The normalized spacial score (nSPS) is 18.5. The number of nitrogens with zero attached hydrogens (tertiary/aromatic N) is 1. The van der Waals surface area contributed by atoms with Crippen LogP contribution in [-0.4, -0.2) is 34.2 Å². The zero-order valence-corrected chi connectivity index (χ0v) is 17.3. The van der Waals surface area contributed by atoms with Gasteiger partial charge in [0.2, 0.25) is 0 Å². The molecule has 0 radical (unpaired) electrons. The molecule has 0 saturated carbocycles. The third-order valence-electron chi connectivity index (χ3n) is 6.17. The molecular formula is C26H29NO3. The first-order chi connectivity index (χ1) is 14.5. The van der Waals surface area contributed by atoms with Gasteiger partial charge >= 0.3 is 0 Å². The molecule has 0 unspecified atom stereocenters. The molecule has 3 aromatic carbocycles. The molecule has 30 heavy (non-hydrogen) atoms. The lowest BCUT2D eigenvalue weighted by Crippen LogP contribution is -2.47. The molecule has 4 heteroatoms. The lowest BCUT2D eigenvalue weighted by molar-refractivity contribution is -0.0501. The molecule has 1 heterocycles. The van der Waals surface area contributed by atoms with Gasteiger partial charge in [0.05, 0.1) is 11.7 Å². The highest BCUT2D eigenvalue weighted by atomic mass is 16.5. The topological polar surface area (TPSA) is 52.9 Å². The smallest absolute Gasteiger partial charge is 0.127 e. The first-order valence-electron chi connectivity index (χ1n) is 10.6. The maximum absolute atomic E-state index is 11.0. The Morgan fingerprint density at radius 1 is 0.800 bits per heavy atom. The molecule has 0 amide bonds. The van der Waals surface area contributed by atoms with Crippen molar-refractivity contribution in [2.45, 2.75) is 37.5 Å². The van der Waals surface area contributed by atoms with Crippen LogP contribution in [0.25, 0.3) is 0 Å². The summed E-state index contributed by atoms with van der Waals surface area (Å²) >= 11 is 0. The van der Waals surface area contributed by atoms with Crippen LogP contribution in [0.2, 0.25) is 0 Å². The molecule has 3 aromatic rings. The first-order valence-corrected chi connectivity index (χ1v) is 10.6. The van der Waals surface area contributed by atoms with Gasteiger partial charge in [-0.15, -0.1) is 0 Å². The number of para-hydroxylation sites is 1. The molecule has 1 aliphatic heterocycles. The summed E-state index contributed by atoms with van der Waals surface area (Å²) in [5.74, 6) is 1.54. The van der Waals surface area contributed by atoms with E-state index < -0.39 is 11.7 Å². The zero-order valence-electron chi connectivity index (χ0n) is 17.3. The summed E-state index contributed by atoms with van der Waals surface area (Å²) in [5.41, 5.74) is 1.07. The van der Waals surface area contributed by atoms with Crippen molar-refractivity contribution in [3.8, 4) is 11.5 Å². The van der Waals surface area contributed by atoms with Gasteiger partial charge in [0.1, 0.15) is 11.5 Å². The largest absolute Gasteiger partial charge is 0.457 e. The van der Waals surface area contributed by atoms with Crippen LogP contribution < -0.4 is 4.74 Å². The molecule has 0 aliphatic carbocycles. The molecule has 1 aliphatic rings. The van der Waals surface area contributed by atoms with Gasteiger partial charge in [0, 0.05) is 19.1 Å². The molecule has 156 valence electrons. The third kappa shape index (κ3) is 4.57. The standard InChI is InChI=1S/C26H29NO3/c1-20(27-18-16-26(29,17-19-27)22-8-4-2-5-9-22)25(28)21-12-14-24(15-13-21)30-23-10-6-3-7-11-23/h2-15,20,25,28-29H,16-19H2,1H3/t20-,25-/m0/s1. The van der Waals surface area contributed by atoms with Crippen molar-refractivity contribution < 1.29 is 14.9 Å². The fourth-order valence-electron chi connectivity index (χ4n) is 4.17. The Kier molecular flexibility index (Phi) is 6.18. The maximum atomic E-state index is 11.0. The van der Waals surface area contributed by atoms with Crippen molar-refractivity contribution in [3.63, 3.8) is 0 Å². The highest BCUT2D eigenvalue weighted by Gasteiger charge is 2.36. The third-order valence-corrected chi connectivity index (χ3v) is 6.17. The fourth-order valence-corrected chi connectivity index (χ4v) is 4.17. The molecule has 2 N–H and O–H groups in total. The summed E-state index contributed by atoms with van der Waals surface area (Å²) < 4.78 is 5.83. The minimum Gasteiger partial charge on any atom is -0.457 e. The Bertz CT molecular complexity index is 920. The highest BCUT2D eigenvalue weighted by molar-refractivity contribution is 5.34. The summed E-state index contributed by atoms with van der Waals surface area (Å²) in [7, 11) is 0. The minimum absolute atomic E-state index is 0.0359. The van der Waals surface area contributed by atoms with E-state index in [1.54, 1.807) is 0 Å². The Hall–Kier alpha value is -2.66. The van der Waals surface area contributed by atoms with Crippen molar-refractivity contribution in [3.05, 3.63) is 96.1 Å². The van der Waals surface area contributed by atoms with Gasteiger partial charge in [-0.3, -0.25) is 4.90 Å². The van der Waals surface area contributed by atoms with E-state index >= 15 is 0 Å². The van der Waals surface area contributed by atoms with Gasteiger partial charge in [-0.1, -0.05) is 60.7 Å². The Labute approximate surface area is 178 Å². The van der Waals surface area contributed by atoms with E-state index in [0.29, 0.717) is 12.8 Å². The van der Waals surface area contributed by atoms with Crippen molar-refractivity contribution in [1.29, 1.82) is 0 Å². The van der Waals surface area contributed by atoms with Crippen LogP contribution in [0.15, 0.2) is 84.9 Å². The number of hydrogen-bond donors (Lipinski definition) is 2. The molecule has 0 aromatic heterocycles. The SMILES string of the molecule is C[C@@H]([C@H](O)c1ccc(Oc2ccccc2)cc1)N1CCC(O)(c2ccccc2)CC1. The van der Waals surface area contributed by atoms with Gasteiger partial charge < -0.3 is 14.9 Å². The average molecular weight is 404 g/mol. The molecule has 1 fully saturated rings. The van der Waals surface area contributed by atoms with Gasteiger partial charge in [0.15, 0.2) is 0 Å². The molecule has 0 bridgehead atoms. The summed E-state index contributed by atoms with van der Waals surface area (Å²) in [6, 6.07) is 27.1. The second-order valence-corrected chi connectivity index (χ2v) is 8.10. The Morgan fingerprint density at radius 3 is 1.93 bits per heavy atom. The molecule has 0 spiro atoms. The number of ether oxygens (including phenoxy) is 1. The van der Waals surface area contributed by atoms with E-state index in [0.717, 1.165) is 35.7 Å². The van der Waals surface area contributed by atoms with Crippen molar-refractivity contribution in [1.82, 2.24) is 4.90 Å². The number of piperidine rings is 1. The van der Waals surface area contributed by atoms with E-state index in [-0.39, 0.29) is 6.04 Å².